The Morgan fingerprint density at radius 3 is 2.36 bits per heavy atom. The number of methoxy groups -OCH3 is 2. The standard InChI is InChI=1S/C9H13NO4/c1-6-4-7(11-2)5-8(13-14-10)9(6)12-3/h4-5H,10H2,1-3H3. The molecule has 78 valence electrons. The predicted octanol–water partition coefficient (Wildman–Crippen LogP) is 1.20. The van der Waals surface area contributed by atoms with Crippen LogP contribution in [0, 0.1) is 6.92 Å². The Morgan fingerprint density at radius 2 is 1.86 bits per heavy atom. The fourth-order valence-electron chi connectivity index (χ4n) is 1.20. The molecule has 0 aliphatic carbocycles. The molecule has 0 heterocycles. The van der Waals surface area contributed by atoms with Crippen molar-refractivity contribution < 1.29 is 19.3 Å². The van der Waals surface area contributed by atoms with Crippen LogP contribution in [0.1, 0.15) is 5.56 Å². The number of ether oxygens (including phenoxy) is 2. The molecule has 0 saturated carbocycles. The molecule has 1 aromatic rings. The lowest BCUT2D eigenvalue weighted by atomic mass is 10.2. The Balaban J connectivity index is 3.13. The van der Waals surface area contributed by atoms with Crippen LogP contribution in [-0.4, -0.2) is 14.2 Å². The van der Waals surface area contributed by atoms with Gasteiger partial charge in [-0.2, -0.15) is 5.90 Å². The van der Waals surface area contributed by atoms with Crippen molar-refractivity contribution in [3.63, 3.8) is 0 Å². The lowest BCUT2D eigenvalue weighted by Gasteiger charge is -2.11. The highest BCUT2D eigenvalue weighted by Crippen LogP contribution is 2.34. The summed E-state index contributed by atoms with van der Waals surface area (Å²) in [7, 11) is 3.10. The maximum absolute atomic E-state index is 5.11. The molecule has 0 amide bonds. The Morgan fingerprint density at radius 1 is 1.14 bits per heavy atom. The van der Waals surface area contributed by atoms with Gasteiger partial charge >= 0.3 is 0 Å². The van der Waals surface area contributed by atoms with E-state index in [2.05, 4.69) is 4.99 Å². The molecule has 0 bridgehead atoms. The largest absolute Gasteiger partial charge is 0.497 e. The van der Waals surface area contributed by atoms with Gasteiger partial charge in [-0.3, -0.25) is 0 Å². The van der Waals surface area contributed by atoms with Crippen LogP contribution in [-0.2, 0) is 4.99 Å². The normalized spacial score (nSPS) is 9.71. The molecular weight excluding hydrogens is 186 g/mol. The van der Waals surface area contributed by atoms with Crippen molar-refractivity contribution >= 4 is 0 Å². The molecule has 2 N–H and O–H groups in total. The molecule has 1 aromatic carbocycles. The zero-order chi connectivity index (χ0) is 10.6. The fraction of sp³-hybridized carbons (Fsp3) is 0.333. The number of nitrogens with two attached hydrogens (primary N) is 1. The molecule has 0 aliphatic rings. The van der Waals surface area contributed by atoms with Crippen molar-refractivity contribution in [3.05, 3.63) is 17.7 Å². The second-order valence-corrected chi connectivity index (χ2v) is 2.66. The highest BCUT2D eigenvalue weighted by atomic mass is 17.3. The van der Waals surface area contributed by atoms with Crippen LogP contribution in [0.5, 0.6) is 17.2 Å². The summed E-state index contributed by atoms with van der Waals surface area (Å²) in [6.45, 7) is 1.87. The molecular formula is C9H13NO4. The van der Waals surface area contributed by atoms with E-state index in [9.17, 15) is 0 Å². The van der Waals surface area contributed by atoms with Gasteiger partial charge in [0.2, 0.25) is 5.75 Å². The van der Waals surface area contributed by atoms with E-state index in [4.69, 9.17) is 20.3 Å². The molecule has 0 fully saturated rings. The second kappa shape index (κ2) is 4.69. The number of aryl methyl sites for hydroxylation is 1. The van der Waals surface area contributed by atoms with Crippen molar-refractivity contribution in [2.75, 3.05) is 14.2 Å². The molecule has 14 heavy (non-hydrogen) atoms. The summed E-state index contributed by atoms with van der Waals surface area (Å²) in [5, 5.41) is 0. The molecule has 5 heteroatoms. The minimum Gasteiger partial charge on any atom is -0.497 e. The fourth-order valence-corrected chi connectivity index (χ4v) is 1.20. The lowest BCUT2D eigenvalue weighted by molar-refractivity contribution is -0.212. The molecule has 5 nitrogen and oxygen atoms in total. The monoisotopic (exact) mass is 199 g/mol. The maximum atomic E-state index is 5.11. The van der Waals surface area contributed by atoms with Gasteiger partial charge in [-0.05, 0) is 18.6 Å². The third kappa shape index (κ3) is 2.07. The van der Waals surface area contributed by atoms with Gasteiger partial charge in [0.25, 0.3) is 0 Å². The van der Waals surface area contributed by atoms with Crippen LogP contribution in [0.3, 0.4) is 0 Å². The molecule has 0 saturated heterocycles. The zero-order valence-corrected chi connectivity index (χ0v) is 8.37. The summed E-state index contributed by atoms with van der Waals surface area (Å²) < 4.78 is 10.2. The minimum atomic E-state index is 0.381. The SMILES string of the molecule is COc1cc(C)c(OC)c(OON)c1. The Kier molecular flexibility index (Phi) is 3.55. The summed E-state index contributed by atoms with van der Waals surface area (Å²) in [6, 6.07) is 3.45. The van der Waals surface area contributed by atoms with E-state index in [1.165, 1.54) is 7.11 Å². The van der Waals surface area contributed by atoms with Gasteiger partial charge in [-0.15, -0.1) is 0 Å². The molecule has 0 spiro atoms. The van der Waals surface area contributed by atoms with Crippen molar-refractivity contribution in [2.45, 2.75) is 6.92 Å². The van der Waals surface area contributed by atoms with E-state index >= 15 is 0 Å². The molecule has 0 aliphatic heterocycles. The van der Waals surface area contributed by atoms with Gasteiger partial charge in [0.1, 0.15) is 5.75 Å². The van der Waals surface area contributed by atoms with E-state index in [0.717, 1.165) is 5.56 Å². The predicted molar refractivity (Wildman–Crippen MR) is 50.2 cm³/mol. The highest BCUT2D eigenvalue weighted by molar-refractivity contribution is 5.50. The van der Waals surface area contributed by atoms with Crippen LogP contribution in [0.2, 0.25) is 0 Å². The van der Waals surface area contributed by atoms with Gasteiger partial charge in [0.15, 0.2) is 5.75 Å². The summed E-state index contributed by atoms with van der Waals surface area (Å²) in [4.78, 5) is 8.81. The van der Waals surface area contributed by atoms with E-state index in [0.29, 0.717) is 17.2 Å². The first-order valence-electron chi connectivity index (χ1n) is 3.99. The molecule has 0 radical (unpaired) electrons. The van der Waals surface area contributed by atoms with Gasteiger partial charge in [-0.25, -0.2) is 0 Å². The van der Waals surface area contributed by atoms with Gasteiger partial charge < -0.3 is 14.4 Å². The maximum Gasteiger partial charge on any atom is 0.213 e. The molecule has 0 aromatic heterocycles. The average Bonchev–Trinajstić information content (AvgIpc) is 2.18. The third-order valence-corrected chi connectivity index (χ3v) is 1.79. The van der Waals surface area contributed by atoms with Crippen molar-refractivity contribution in [1.29, 1.82) is 0 Å². The first kappa shape index (κ1) is 10.6. The van der Waals surface area contributed by atoms with Crippen molar-refractivity contribution in [2.24, 2.45) is 5.90 Å². The van der Waals surface area contributed by atoms with Crippen LogP contribution in [0.25, 0.3) is 0 Å². The van der Waals surface area contributed by atoms with Crippen LogP contribution < -0.4 is 20.3 Å². The van der Waals surface area contributed by atoms with E-state index in [-0.39, 0.29) is 0 Å². The Bertz CT molecular complexity index is 314. The second-order valence-electron chi connectivity index (χ2n) is 2.66. The number of hydrogen-bond acceptors (Lipinski definition) is 5. The highest BCUT2D eigenvalue weighted by Gasteiger charge is 2.11. The van der Waals surface area contributed by atoms with Gasteiger partial charge in [-0.1, -0.05) is 4.99 Å². The quantitative estimate of drug-likeness (QED) is 0.583. The average molecular weight is 199 g/mol. The summed E-state index contributed by atoms with van der Waals surface area (Å²) >= 11 is 0. The van der Waals surface area contributed by atoms with Crippen LogP contribution >= 0.6 is 0 Å². The number of hydrogen-bond donors (Lipinski definition) is 1. The summed E-state index contributed by atoms with van der Waals surface area (Å²) in [5.41, 5.74) is 0.874. The molecule has 0 unspecified atom stereocenters. The van der Waals surface area contributed by atoms with Gasteiger partial charge in [0, 0.05) is 6.07 Å². The number of rotatable bonds is 4. The smallest absolute Gasteiger partial charge is 0.213 e. The third-order valence-electron chi connectivity index (χ3n) is 1.79. The van der Waals surface area contributed by atoms with E-state index in [1.54, 1.807) is 13.2 Å². The van der Waals surface area contributed by atoms with Gasteiger partial charge in [0.05, 0.1) is 14.2 Å². The topological polar surface area (TPSA) is 62.9 Å². The van der Waals surface area contributed by atoms with Crippen LogP contribution in [0.15, 0.2) is 12.1 Å². The van der Waals surface area contributed by atoms with E-state index in [1.807, 2.05) is 13.0 Å². The zero-order valence-electron chi connectivity index (χ0n) is 8.37. The molecule has 0 atom stereocenters. The lowest BCUT2D eigenvalue weighted by Crippen LogP contribution is -2.05. The minimum absolute atomic E-state index is 0.381. The van der Waals surface area contributed by atoms with Crippen molar-refractivity contribution in [3.8, 4) is 17.2 Å². The summed E-state index contributed by atoms with van der Waals surface area (Å²) in [5.74, 6) is 6.40. The Hall–Kier alpha value is -1.46. The summed E-state index contributed by atoms with van der Waals surface area (Å²) in [6.07, 6.45) is 0. The van der Waals surface area contributed by atoms with E-state index < -0.39 is 0 Å². The van der Waals surface area contributed by atoms with Crippen LogP contribution in [0.4, 0.5) is 0 Å². The van der Waals surface area contributed by atoms with Crippen molar-refractivity contribution in [1.82, 2.24) is 0 Å². The first-order chi connectivity index (χ1) is 6.72. The number of benzene rings is 1. The Labute approximate surface area is 82.2 Å². The first-order valence-corrected chi connectivity index (χ1v) is 3.99. The molecule has 1 rings (SSSR count).